The average Bonchev–Trinajstić information content (AvgIpc) is 2.36. The number of benzene rings is 1. The summed E-state index contributed by atoms with van der Waals surface area (Å²) in [5.74, 6) is -0.835. The molecule has 98 valence electrons. The monoisotopic (exact) mass is 252 g/mol. The van der Waals surface area contributed by atoms with Crippen molar-refractivity contribution in [3.63, 3.8) is 0 Å². The maximum atomic E-state index is 11.2. The van der Waals surface area contributed by atoms with Crippen LogP contribution in [0.3, 0.4) is 0 Å². The molecule has 1 aromatic carbocycles. The minimum Gasteiger partial charge on any atom is -0.492 e. The number of carbonyl (C=O) groups excluding carboxylic acids is 1. The van der Waals surface area contributed by atoms with E-state index in [1.54, 1.807) is 38.1 Å². The largest absolute Gasteiger partial charge is 0.492 e. The van der Waals surface area contributed by atoms with Gasteiger partial charge in [-0.3, -0.25) is 4.79 Å². The summed E-state index contributed by atoms with van der Waals surface area (Å²) < 4.78 is 9.93. The summed E-state index contributed by atoms with van der Waals surface area (Å²) in [5.41, 5.74) is -0.538. The predicted molar refractivity (Wildman–Crippen MR) is 64.7 cm³/mol. The minimum atomic E-state index is -0.957. The van der Waals surface area contributed by atoms with E-state index in [4.69, 9.17) is 9.84 Å². The highest BCUT2D eigenvalue weighted by Gasteiger charge is 2.28. The Hall–Kier alpha value is -2.04. The van der Waals surface area contributed by atoms with E-state index in [9.17, 15) is 9.59 Å². The van der Waals surface area contributed by atoms with Gasteiger partial charge in [-0.15, -0.1) is 0 Å². The highest BCUT2D eigenvalue weighted by molar-refractivity contribution is 5.89. The zero-order valence-corrected chi connectivity index (χ0v) is 10.6. The minimum absolute atomic E-state index is 0.0555. The van der Waals surface area contributed by atoms with Crippen molar-refractivity contribution in [3.8, 4) is 5.75 Å². The van der Waals surface area contributed by atoms with Crippen molar-refractivity contribution in [1.82, 2.24) is 0 Å². The van der Waals surface area contributed by atoms with Gasteiger partial charge in [0.2, 0.25) is 0 Å². The molecule has 0 fully saturated rings. The third kappa shape index (κ3) is 3.48. The number of hydrogen-bond acceptors (Lipinski definition) is 4. The Morgan fingerprint density at radius 1 is 1.22 bits per heavy atom. The average molecular weight is 252 g/mol. The molecule has 0 aliphatic rings. The van der Waals surface area contributed by atoms with Crippen LogP contribution in [0.15, 0.2) is 24.3 Å². The summed E-state index contributed by atoms with van der Waals surface area (Å²) in [6.45, 7) is 3.22. The number of carboxylic acid groups (broad SMARTS) is 1. The van der Waals surface area contributed by atoms with Gasteiger partial charge in [0.15, 0.2) is 0 Å². The maximum Gasteiger partial charge on any atom is 0.337 e. The first-order chi connectivity index (χ1) is 8.36. The van der Waals surface area contributed by atoms with Crippen molar-refractivity contribution >= 4 is 11.9 Å². The fourth-order valence-corrected chi connectivity index (χ4v) is 1.13. The molecule has 1 N–H and O–H groups in total. The lowest BCUT2D eigenvalue weighted by atomic mass is 9.95. The zero-order valence-electron chi connectivity index (χ0n) is 10.6. The molecule has 0 spiro atoms. The second kappa shape index (κ2) is 5.53. The number of rotatable bonds is 5. The molecule has 5 heteroatoms. The Morgan fingerprint density at radius 3 is 2.22 bits per heavy atom. The first kappa shape index (κ1) is 14.0. The fourth-order valence-electron chi connectivity index (χ4n) is 1.13. The van der Waals surface area contributed by atoms with Gasteiger partial charge in [-0.05, 0) is 38.1 Å². The molecule has 5 nitrogen and oxygen atoms in total. The first-order valence-corrected chi connectivity index (χ1v) is 5.41. The van der Waals surface area contributed by atoms with Crippen LogP contribution >= 0.6 is 0 Å². The molecule has 0 aromatic heterocycles. The van der Waals surface area contributed by atoms with E-state index in [-0.39, 0.29) is 6.61 Å². The summed E-state index contributed by atoms with van der Waals surface area (Å²) in [7, 11) is 1.31. The van der Waals surface area contributed by atoms with E-state index in [2.05, 4.69) is 4.74 Å². The van der Waals surface area contributed by atoms with Crippen molar-refractivity contribution < 1.29 is 24.2 Å². The van der Waals surface area contributed by atoms with Crippen molar-refractivity contribution in [2.45, 2.75) is 13.8 Å². The number of carbonyl (C=O) groups is 2. The Balaban J connectivity index is 2.65. The summed E-state index contributed by atoms with van der Waals surface area (Å²) in [4.78, 5) is 22.1. The van der Waals surface area contributed by atoms with Gasteiger partial charge in [0, 0.05) is 0 Å². The molecule has 0 amide bonds. The van der Waals surface area contributed by atoms with Gasteiger partial charge in [-0.1, -0.05) is 0 Å². The van der Waals surface area contributed by atoms with Gasteiger partial charge in [0.25, 0.3) is 0 Å². The van der Waals surface area contributed by atoms with Crippen LogP contribution in [0.4, 0.5) is 0 Å². The van der Waals surface area contributed by atoms with Gasteiger partial charge in [-0.2, -0.15) is 0 Å². The number of aliphatic carboxylic acids is 1. The molecule has 0 radical (unpaired) electrons. The third-order valence-corrected chi connectivity index (χ3v) is 2.45. The number of ether oxygens (including phenoxy) is 2. The van der Waals surface area contributed by atoms with Gasteiger partial charge in [0.05, 0.1) is 18.1 Å². The highest BCUT2D eigenvalue weighted by atomic mass is 16.5. The molecular weight excluding hydrogens is 236 g/mol. The van der Waals surface area contributed by atoms with E-state index in [0.717, 1.165) is 0 Å². The summed E-state index contributed by atoms with van der Waals surface area (Å²) in [6, 6.07) is 6.33. The van der Waals surface area contributed by atoms with E-state index < -0.39 is 17.4 Å². The maximum absolute atomic E-state index is 11.2. The van der Waals surface area contributed by atoms with Crippen LogP contribution in [-0.2, 0) is 9.53 Å². The number of hydrogen-bond donors (Lipinski definition) is 1. The van der Waals surface area contributed by atoms with Gasteiger partial charge in [0.1, 0.15) is 12.4 Å². The lowest BCUT2D eigenvalue weighted by Gasteiger charge is -2.19. The molecule has 0 bridgehead atoms. The van der Waals surface area contributed by atoms with E-state index in [1.165, 1.54) is 7.11 Å². The van der Waals surface area contributed by atoms with E-state index in [0.29, 0.717) is 11.3 Å². The van der Waals surface area contributed by atoms with Crippen LogP contribution in [-0.4, -0.2) is 30.8 Å². The lowest BCUT2D eigenvalue weighted by molar-refractivity contribution is -0.148. The molecule has 0 aliphatic carbocycles. The quantitative estimate of drug-likeness (QED) is 0.811. The third-order valence-electron chi connectivity index (χ3n) is 2.45. The van der Waals surface area contributed by atoms with Crippen LogP contribution < -0.4 is 4.74 Å². The molecule has 0 atom stereocenters. The van der Waals surface area contributed by atoms with Crippen molar-refractivity contribution in [3.05, 3.63) is 29.8 Å². The lowest BCUT2D eigenvalue weighted by Crippen LogP contribution is -2.30. The fraction of sp³-hybridized carbons (Fsp3) is 0.385. The Morgan fingerprint density at radius 2 is 1.78 bits per heavy atom. The molecule has 1 aromatic rings. The summed E-state index contributed by atoms with van der Waals surface area (Å²) >= 11 is 0. The summed E-state index contributed by atoms with van der Waals surface area (Å²) in [5, 5.41) is 8.93. The second-order valence-electron chi connectivity index (χ2n) is 4.49. The predicted octanol–water partition coefficient (Wildman–Crippen LogP) is 1.96. The topological polar surface area (TPSA) is 72.8 Å². The molecule has 1 rings (SSSR count). The zero-order chi connectivity index (χ0) is 13.8. The Bertz CT molecular complexity index is 433. The van der Waals surface area contributed by atoms with Crippen LogP contribution in [0, 0.1) is 5.41 Å². The van der Waals surface area contributed by atoms with Crippen molar-refractivity contribution in [2.75, 3.05) is 13.7 Å². The standard InChI is InChI=1S/C13H16O5/c1-13(2,12(15)16)8-18-10-6-4-9(5-7-10)11(14)17-3/h4-7H,8H2,1-3H3,(H,15,16). The SMILES string of the molecule is COC(=O)c1ccc(OCC(C)(C)C(=O)O)cc1. The molecule has 0 saturated carbocycles. The van der Waals surface area contributed by atoms with Crippen LogP contribution in [0.2, 0.25) is 0 Å². The summed E-state index contributed by atoms with van der Waals surface area (Å²) in [6.07, 6.45) is 0. The van der Waals surface area contributed by atoms with Crippen LogP contribution in [0.5, 0.6) is 5.75 Å². The van der Waals surface area contributed by atoms with Crippen molar-refractivity contribution in [1.29, 1.82) is 0 Å². The molecule has 0 heterocycles. The number of esters is 1. The number of methoxy groups -OCH3 is 1. The van der Waals surface area contributed by atoms with Gasteiger partial charge in [-0.25, -0.2) is 4.79 Å². The normalized spacial score (nSPS) is 10.8. The van der Waals surface area contributed by atoms with Gasteiger partial charge < -0.3 is 14.6 Å². The molecule has 0 aliphatic heterocycles. The Kier molecular flexibility index (Phi) is 4.31. The van der Waals surface area contributed by atoms with Gasteiger partial charge >= 0.3 is 11.9 Å². The smallest absolute Gasteiger partial charge is 0.337 e. The highest BCUT2D eigenvalue weighted by Crippen LogP contribution is 2.19. The molecule has 0 saturated heterocycles. The van der Waals surface area contributed by atoms with E-state index in [1.807, 2.05) is 0 Å². The second-order valence-corrected chi connectivity index (χ2v) is 4.49. The first-order valence-electron chi connectivity index (χ1n) is 5.41. The molecular formula is C13H16O5. The van der Waals surface area contributed by atoms with Crippen LogP contribution in [0.1, 0.15) is 24.2 Å². The molecule has 18 heavy (non-hydrogen) atoms. The van der Waals surface area contributed by atoms with Crippen LogP contribution in [0.25, 0.3) is 0 Å². The van der Waals surface area contributed by atoms with E-state index >= 15 is 0 Å². The number of carboxylic acids is 1. The molecule has 0 unspecified atom stereocenters. The van der Waals surface area contributed by atoms with Crippen molar-refractivity contribution in [2.24, 2.45) is 5.41 Å². The Labute approximate surface area is 105 Å².